The fourth-order valence-electron chi connectivity index (χ4n) is 2.10. The second-order valence-corrected chi connectivity index (χ2v) is 6.91. The lowest BCUT2D eigenvalue weighted by Crippen LogP contribution is -2.55. The molecule has 0 spiro atoms. The zero-order chi connectivity index (χ0) is 13.9. The van der Waals surface area contributed by atoms with E-state index in [0.717, 1.165) is 26.3 Å². The molecule has 1 aliphatic heterocycles. The molecule has 1 N–H and O–H groups in total. The van der Waals surface area contributed by atoms with Crippen molar-refractivity contribution in [2.24, 2.45) is 0 Å². The summed E-state index contributed by atoms with van der Waals surface area (Å²) >= 11 is 7.13. The van der Waals surface area contributed by atoms with Crippen LogP contribution in [0.25, 0.3) is 0 Å². The van der Waals surface area contributed by atoms with E-state index in [1.54, 1.807) is 12.1 Å². The summed E-state index contributed by atoms with van der Waals surface area (Å²) in [5, 5.41) is 2.98. The molecule has 1 aromatic heterocycles. The molecule has 0 aliphatic carbocycles. The molecule has 0 atom stereocenters. The first kappa shape index (κ1) is 14.8. The zero-order valence-corrected chi connectivity index (χ0v) is 12.8. The monoisotopic (exact) mass is 302 g/mol. The van der Waals surface area contributed by atoms with Crippen LogP contribution in [0, 0.1) is 0 Å². The first-order valence-corrected chi connectivity index (χ1v) is 7.55. The molecule has 106 valence electrons. The van der Waals surface area contributed by atoms with E-state index in [2.05, 4.69) is 24.1 Å². The molecule has 1 aliphatic rings. The topological polar surface area (TPSA) is 41.6 Å². The van der Waals surface area contributed by atoms with Crippen LogP contribution in [0.5, 0.6) is 0 Å². The van der Waals surface area contributed by atoms with Gasteiger partial charge in [-0.25, -0.2) is 0 Å². The maximum absolute atomic E-state index is 12.0. The van der Waals surface area contributed by atoms with Crippen LogP contribution in [0.4, 0.5) is 0 Å². The van der Waals surface area contributed by atoms with Crippen molar-refractivity contribution in [2.45, 2.75) is 19.4 Å². The molecular weight excluding hydrogens is 284 g/mol. The van der Waals surface area contributed by atoms with Crippen molar-refractivity contribution in [1.82, 2.24) is 10.2 Å². The highest BCUT2D eigenvalue weighted by Gasteiger charge is 2.28. The van der Waals surface area contributed by atoms with Crippen molar-refractivity contribution in [3.8, 4) is 0 Å². The Balaban J connectivity index is 1.88. The van der Waals surface area contributed by atoms with Gasteiger partial charge in [0.25, 0.3) is 5.91 Å². The number of hydrogen-bond donors (Lipinski definition) is 1. The number of nitrogens with zero attached hydrogens (tertiary/aromatic N) is 1. The summed E-state index contributed by atoms with van der Waals surface area (Å²) in [6, 6.07) is 3.50. The van der Waals surface area contributed by atoms with Crippen molar-refractivity contribution in [1.29, 1.82) is 0 Å². The molecule has 1 amide bonds. The van der Waals surface area contributed by atoms with Gasteiger partial charge in [-0.3, -0.25) is 9.69 Å². The molecule has 1 saturated heterocycles. The Labute approximate surface area is 122 Å². The number of thiophene rings is 1. The van der Waals surface area contributed by atoms with Crippen molar-refractivity contribution in [2.75, 3.05) is 32.8 Å². The number of amides is 1. The standard InChI is InChI=1S/C13H19ClN2O2S/c1-13(2,16-5-7-18-8-6-16)9-15-12(17)10-3-4-11(14)19-10/h3-4H,5-9H2,1-2H3,(H,15,17). The lowest BCUT2D eigenvalue weighted by atomic mass is 10.0. The Kier molecular flexibility index (Phi) is 4.84. The maximum atomic E-state index is 12.0. The summed E-state index contributed by atoms with van der Waals surface area (Å²) in [6.07, 6.45) is 0. The van der Waals surface area contributed by atoms with Crippen molar-refractivity contribution in [3.63, 3.8) is 0 Å². The number of carbonyl (C=O) groups excluding carboxylic acids is 1. The minimum Gasteiger partial charge on any atom is -0.379 e. The van der Waals surface area contributed by atoms with Gasteiger partial charge >= 0.3 is 0 Å². The second-order valence-electron chi connectivity index (χ2n) is 5.20. The molecule has 4 nitrogen and oxygen atoms in total. The Morgan fingerprint density at radius 2 is 2.16 bits per heavy atom. The van der Waals surface area contributed by atoms with E-state index >= 15 is 0 Å². The number of carbonyl (C=O) groups is 1. The summed E-state index contributed by atoms with van der Waals surface area (Å²) in [6.45, 7) is 8.23. The Morgan fingerprint density at radius 1 is 1.47 bits per heavy atom. The van der Waals surface area contributed by atoms with E-state index in [1.165, 1.54) is 11.3 Å². The predicted octanol–water partition coefficient (Wildman–Crippen LogP) is 2.24. The van der Waals surface area contributed by atoms with Gasteiger partial charge < -0.3 is 10.1 Å². The fraction of sp³-hybridized carbons (Fsp3) is 0.615. The molecule has 0 unspecified atom stereocenters. The third kappa shape index (κ3) is 3.92. The van der Waals surface area contributed by atoms with Gasteiger partial charge in [-0.2, -0.15) is 0 Å². The summed E-state index contributed by atoms with van der Waals surface area (Å²) in [7, 11) is 0. The molecule has 0 aromatic carbocycles. The number of morpholine rings is 1. The highest BCUT2D eigenvalue weighted by atomic mass is 35.5. The third-order valence-corrected chi connectivity index (χ3v) is 4.58. The van der Waals surface area contributed by atoms with Gasteiger partial charge in [-0.15, -0.1) is 11.3 Å². The van der Waals surface area contributed by atoms with E-state index in [0.29, 0.717) is 15.8 Å². The minimum absolute atomic E-state index is 0.0572. The summed E-state index contributed by atoms with van der Waals surface area (Å²) in [4.78, 5) is 15.0. The van der Waals surface area contributed by atoms with E-state index in [4.69, 9.17) is 16.3 Å². The van der Waals surface area contributed by atoms with Gasteiger partial charge in [-0.05, 0) is 26.0 Å². The summed E-state index contributed by atoms with van der Waals surface area (Å²) in [5.74, 6) is -0.0572. The number of ether oxygens (including phenoxy) is 1. The predicted molar refractivity (Wildman–Crippen MR) is 78.1 cm³/mol. The van der Waals surface area contributed by atoms with Gasteiger partial charge in [0.2, 0.25) is 0 Å². The molecule has 0 saturated carbocycles. The van der Waals surface area contributed by atoms with E-state index < -0.39 is 0 Å². The number of halogens is 1. The quantitative estimate of drug-likeness (QED) is 0.927. The van der Waals surface area contributed by atoms with Crippen LogP contribution in [-0.2, 0) is 4.74 Å². The number of rotatable bonds is 4. The van der Waals surface area contributed by atoms with Gasteiger partial charge in [0.15, 0.2) is 0 Å². The average molecular weight is 303 g/mol. The molecule has 19 heavy (non-hydrogen) atoms. The Morgan fingerprint density at radius 3 is 2.74 bits per heavy atom. The zero-order valence-electron chi connectivity index (χ0n) is 11.2. The summed E-state index contributed by atoms with van der Waals surface area (Å²) < 4.78 is 5.99. The van der Waals surface area contributed by atoms with Crippen LogP contribution >= 0.6 is 22.9 Å². The van der Waals surface area contributed by atoms with Crippen LogP contribution in [0.15, 0.2) is 12.1 Å². The van der Waals surface area contributed by atoms with Gasteiger partial charge in [0.1, 0.15) is 0 Å². The molecule has 2 heterocycles. The largest absolute Gasteiger partial charge is 0.379 e. The SMILES string of the molecule is CC(C)(CNC(=O)c1ccc(Cl)s1)N1CCOCC1. The third-order valence-electron chi connectivity index (χ3n) is 3.35. The smallest absolute Gasteiger partial charge is 0.261 e. The van der Waals surface area contributed by atoms with Crippen molar-refractivity contribution in [3.05, 3.63) is 21.3 Å². The number of hydrogen-bond acceptors (Lipinski definition) is 4. The maximum Gasteiger partial charge on any atom is 0.261 e. The fourth-order valence-corrected chi connectivity index (χ4v) is 3.06. The van der Waals surface area contributed by atoms with Crippen LogP contribution < -0.4 is 5.32 Å². The van der Waals surface area contributed by atoms with Crippen molar-refractivity contribution >= 4 is 28.8 Å². The van der Waals surface area contributed by atoms with Gasteiger partial charge in [-0.1, -0.05) is 11.6 Å². The van der Waals surface area contributed by atoms with Crippen LogP contribution in [-0.4, -0.2) is 49.2 Å². The molecule has 6 heteroatoms. The Hall–Kier alpha value is -0.620. The van der Waals surface area contributed by atoms with E-state index in [-0.39, 0.29) is 11.4 Å². The van der Waals surface area contributed by atoms with Gasteiger partial charge in [0.05, 0.1) is 22.4 Å². The Bertz CT molecular complexity index is 442. The lowest BCUT2D eigenvalue weighted by Gasteiger charge is -2.40. The van der Waals surface area contributed by atoms with E-state index in [9.17, 15) is 4.79 Å². The second kappa shape index (κ2) is 6.22. The average Bonchev–Trinajstić information content (AvgIpc) is 2.84. The molecule has 2 rings (SSSR count). The van der Waals surface area contributed by atoms with Crippen LogP contribution in [0.3, 0.4) is 0 Å². The van der Waals surface area contributed by atoms with Crippen molar-refractivity contribution < 1.29 is 9.53 Å². The lowest BCUT2D eigenvalue weighted by molar-refractivity contribution is -0.00922. The number of nitrogens with one attached hydrogen (secondary N) is 1. The minimum atomic E-state index is -0.0690. The van der Waals surface area contributed by atoms with Crippen LogP contribution in [0.2, 0.25) is 4.34 Å². The molecule has 1 fully saturated rings. The van der Waals surface area contributed by atoms with Crippen LogP contribution in [0.1, 0.15) is 23.5 Å². The van der Waals surface area contributed by atoms with E-state index in [1.807, 2.05) is 0 Å². The first-order valence-electron chi connectivity index (χ1n) is 6.35. The highest BCUT2D eigenvalue weighted by molar-refractivity contribution is 7.17. The molecule has 0 bridgehead atoms. The molecule has 0 radical (unpaired) electrons. The van der Waals surface area contributed by atoms with Gasteiger partial charge in [0, 0.05) is 25.2 Å². The molecule has 1 aromatic rings. The normalized spacial score (nSPS) is 17.4. The molecular formula is C13H19ClN2O2S. The first-order chi connectivity index (χ1) is 8.99. The summed E-state index contributed by atoms with van der Waals surface area (Å²) in [5.41, 5.74) is -0.0690. The highest BCUT2D eigenvalue weighted by Crippen LogP contribution is 2.21.